The van der Waals surface area contributed by atoms with E-state index >= 15 is 0 Å². The van der Waals surface area contributed by atoms with Gasteiger partial charge in [0.05, 0.1) is 11.1 Å². The van der Waals surface area contributed by atoms with Crippen molar-refractivity contribution < 1.29 is 28.5 Å². The van der Waals surface area contributed by atoms with Gasteiger partial charge < -0.3 is 18.9 Å². The maximum Gasteiger partial charge on any atom is 0.343 e. The molecule has 0 bridgehead atoms. The van der Waals surface area contributed by atoms with Crippen LogP contribution in [0.1, 0.15) is 31.8 Å². The summed E-state index contributed by atoms with van der Waals surface area (Å²) in [5.41, 5.74) is 2.27. The molecule has 0 radical (unpaired) electrons. The molecule has 3 aromatic carbocycles. The SMILES string of the molecule is Cc1cc(OC(=O)c2ccc3c(c2)OCO3)cc2c1C(=O)/C(=C/c1ccccc1Br)O2. The Hall–Kier alpha value is -3.58. The third kappa shape index (κ3) is 3.57. The fourth-order valence-electron chi connectivity index (χ4n) is 3.46. The van der Waals surface area contributed by atoms with Gasteiger partial charge in [0.25, 0.3) is 0 Å². The van der Waals surface area contributed by atoms with Crippen LogP contribution in [0.5, 0.6) is 23.0 Å². The number of ketones is 1. The number of benzene rings is 3. The molecule has 0 atom stereocenters. The van der Waals surface area contributed by atoms with Gasteiger partial charge >= 0.3 is 5.97 Å². The summed E-state index contributed by atoms with van der Waals surface area (Å²) in [5, 5.41) is 0. The second kappa shape index (κ2) is 7.59. The summed E-state index contributed by atoms with van der Waals surface area (Å²) in [6, 6.07) is 15.6. The van der Waals surface area contributed by atoms with Crippen LogP contribution in [0.3, 0.4) is 0 Å². The van der Waals surface area contributed by atoms with E-state index in [1.165, 1.54) is 0 Å². The largest absolute Gasteiger partial charge is 0.454 e. The van der Waals surface area contributed by atoms with Crippen molar-refractivity contribution in [2.45, 2.75) is 6.92 Å². The molecule has 0 saturated heterocycles. The third-order valence-electron chi connectivity index (χ3n) is 4.95. The third-order valence-corrected chi connectivity index (χ3v) is 5.68. The molecular formula is C24H15BrO6. The fourth-order valence-corrected chi connectivity index (χ4v) is 3.86. The van der Waals surface area contributed by atoms with Crippen LogP contribution in [-0.2, 0) is 0 Å². The predicted molar refractivity (Wildman–Crippen MR) is 116 cm³/mol. The highest BCUT2D eigenvalue weighted by Crippen LogP contribution is 2.38. The van der Waals surface area contributed by atoms with Crippen molar-refractivity contribution in [3.8, 4) is 23.0 Å². The molecular weight excluding hydrogens is 464 g/mol. The summed E-state index contributed by atoms with van der Waals surface area (Å²) in [7, 11) is 0. The number of carbonyl (C=O) groups excluding carboxylic acids is 2. The number of ether oxygens (including phenoxy) is 4. The first kappa shape index (κ1) is 19.4. The van der Waals surface area contributed by atoms with Gasteiger partial charge in [-0.1, -0.05) is 34.1 Å². The molecule has 0 aliphatic carbocycles. The van der Waals surface area contributed by atoms with Crippen molar-refractivity contribution in [1.29, 1.82) is 0 Å². The van der Waals surface area contributed by atoms with Crippen LogP contribution in [0.2, 0.25) is 0 Å². The molecule has 31 heavy (non-hydrogen) atoms. The van der Waals surface area contributed by atoms with E-state index in [1.807, 2.05) is 24.3 Å². The van der Waals surface area contributed by atoms with E-state index in [4.69, 9.17) is 18.9 Å². The molecule has 3 aromatic rings. The molecule has 2 heterocycles. The van der Waals surface area contributed by atoms with Crippen LogP contribution in [-0.4, -0.2) is 18.5 Å². The minimum Gasteiger partial charge on any atom is -0.454 e. The van der Waals surface area contributed by atoms with Crippen LogP contribution in [0.4, 0.5) is 0 Å². The monoisotopic (exact) mass is 478 g/mol. The molecule has 2 aliphatic heterocycles. The van der Waals surface area contributed by atoms with Gasteiger partial charge in [-0.3, -0.25) is 4.79 Å². The van der Waals surface area contributed by atoms with E-state index in [0.717, 1.165) is 10.0 Å². The van der Waals surface area contributed by atoms with Gasteiger partial charge in [0, 0.05) is 10.5 Å². The lowest BCUT2D eigenvalue weighted by molar-refractivity contribution is 0.0734. The van der Waals surface area contributed by atoms with Gasteiger partial charge in [-0.25, -0.2) is 4.79 Å². The summed E-state index contributed by atoms with van der Waals surface area (Å²) < 4.78 is 22.7. The van der Waals surface area contributed by atoms with Crippen LogP contribution in [0.25, 0.3) is 6.08 Å². The minimum atomic E-state index is -0.550. The number of halogens is 1. The van der Waals surface area contributed by atoms with Crippen LogP contribution >= 0.6 is 15.9 Å². The Morgan fingerprint density at radius 1 is 1.03 bits per heavy atom. The van der Waals surface area contributed by atoms with Gasteiger partial charge in [-0.05, 0) is 54.5 Å². The quantitative estimate of drug-likeness (QED) is 0.288. The summed E-state index contributed by atoms with van der Waals surface area (Å²) in [6.07, 6.45) is 1.68. The molecule has 0 aromatic heterocycles. The van der Waals surface area contributed by atoms with Crippen molar-refractivity contribution in [1.82, 2.24) is 0 Å². The van der Waals surface area contributed by atoms with Crippen molar-refractivity contribution in [2.75, 3.05) is 6.79 Å². The van der Waals surface area contributed by atoms with E-state index in [-0.39, 0.29) is 24.1 Å². The van der Waals surface area contributed by atoms with Crippen molar-refractivity contribution in [3.63, 3.8) is 0 Å². The zero-order valence-corrected chi connectivity index (χ0v) is 17.9. The summed E-state index contributed by atoms with van der Waals surface area (Å²) in [5.74, 6) is 1.18. The molecule has 5 rings (SSSR count). The van der Waals surface area contributed by atoms with Gasteiger partial charge in [-0.2, -0.15) is 0 Å². The van der Waals surface area contributed by atoms with Gasteiger partial charge in [0.15, 0.2) is 17.3 Å². The highest BCUT2D eigenvalue weighted by atomic mass is 79.9. The van der Waals surface area contributed by atoms with E-state index in [2.05, 4.69) is 15.9 Å². The first-order chi connectivity index (χ1) is 15.0. The van der Waals surface area contributed by atoms with Crippen LogP contribution in [0, 0.1) is 6.92 Å². The van der Waals surface area contributed by atoms with E-state index in [1.54, 1.807) is 43.3 Å². The zero-order valence-electron chi connectivity index (χ0n) is 16.3. The summed E-state index contributed by atoms with van der Waals surface area (Å²) in [4.78, 5) is 25.4. The second-order valence-electron chi connectivity index (χ2n) is 7.03. The van der Waals surface area contributed by atoms with Crippen molar-refractivity contribution in [3.05, 3.63) is 87.1 Å². The average molecular weight is 479 g/mol. The normalized spacial score (nSPS) is 15.0. The lowest BCUT2D eigenvalue weighted by Gasteiger charge is -2.08. The molecule has 0 N–H and O–H groups in total. The number of aryl methyl sites for hydroxylation is 1. The molecule has 6 nitrogen and oxygen atoms in total. The Morgan fingerprint density at radius 2 is 1.84 bits per heavy atom. The van der Waals surface area contributed by atoms with Gasteiger partial charge in [0.1, 0.15) is 11.5 Å². The number of fused-ring (bicyclic) bond motifs is 2. The Kier molecular flexibility index (Phi) is 4.75. The Bertz CT molecular complexity index is 1280. The van der Waals surface area contributed by atoms with Gasteiger partial charge in [-0.15, -0.1) is 0 Å². The molecule has 0 saturated carbocycles. The number of Topliss-reactive ketones (excluding diaryl/α,β-unsaturated/α-hetero) is 1. The molecule has 2 aliphatic rings. The average Bonchev–Trinajstić information content (AvgIpc) is 3.33. The maximum absolute atomic E-state index is 12.9. The highest BCUT2D eigenvalue weighted by Gasteiger charge is 2.30. The topological polar surface area (TPSA) is 71.1 Å². The Morgan fingerprint density at radius 3 is 2.68 bits per heavy atom. The molecule has 0 spiro atoms. The smallest absolute Gasteiger partial charge is 0.343 e. The number of hydrogen-bond acceptors (Lipinski definition) is 6. The Labute approximate surface area is 186 Å². The Balaban J connectivity index is 1.41. The number of allylic oxidation sites excluding steroid dienone is 1. The summed E-state index contributed by atoms with van der Waals surface area (Å²) in [6.45, 7) is 1.90. The first-order valence-electron chi connectivity index (χ1n) is 9.45. The fraction of sp³-hybridized carbons (Fsp3) is 0.0833. The van der Waals surface area contributed by atoms with E-state index < -0.39 is 5.97 Å². The maximum atomic E-state index is 12.9. The zero-order chi connectivity index (χ0) is 21.5. The standard InChI is InChI=1S/C24H15BrO6/c1-13-8-16(30-24(27)15-6-7-18-19(10-15)29-12-28-18)11-20-22(13)23(26)21(31-20)9-14-4-2-3-5-17(14)25/h2-11H,12H2,1H3/b21-9-. The van der Waals surface area contributed by atoms with Crippen LogP contribution < -0.4 is 18.9 Å². The highest BCUT2D eigenvalue weighted by molar-refractivity contribution is 9.10. The molecule has 0 amide bonds. The van der Waals surface area contributed by atoms with E-state index in [0.29, 0.717) is 33.9 Å². The van der Waals surface area contributed by atoms with Crippen LogP contribution in [0.15, 0.2) is 64.8 Å². The van der Waals surface area contributed by atoms with Crippen molar-refractivity contribution in [2.24, 2.45) is 0 Å². The molecule has 154 valence electrons. The molecule has 0 unspecified atom stereocenters. The minimum absolute atomic E-state index is 0.124. The number of rotatable bonds is 3. The van der Waals surface area contributed by atoms with E-state index in [9.17, 15) is 9.59 Å². The second-order valence-corrected chi connectivity index (χ2v) is 7.89. The first-order valence-corrected chi connectivity index (χ1v) is 10.2. The number of carbonyl (C=O) groups is 2. The number of hydrogen-bond donors (Lipinski definition) is 0. The molecule has 0 fully saturated rings. The lowest BCUT2D eigenvalue weighted by Crippen LogP contribution is -2.08. The van der Waals surface area contributed by atoms with Gasteiger partial charge in [0.2, 0.25) is 12.6 Å². The molecule has 7 heteroatoms. The van der Waals surface area contributed by atoms with Crippen molar-refractivity contribution >= 4 is 33.8 Å². The summed E-state index contributed by atoms with van der Waals surface area (Å²) >= 11 is 3.47. The lowest BCUT2D eigenvalue weighted by atomic mass is 10.0. The predicted octanol–water partition coefficient (Wildman–Crippen LogP) is 5.32. The number of esters is 1.